The van der Waals surface area contributed by atoms with Crippen LogP contribution in [0.5, 0.6) is 0 Å². The summed E-state index contributed by atoms with van der Waals surface area (Å²) in [5.41, 5.74) is 8.28. The lowest BCUT2D eigenvalue weighted by Crippen LogP contribution is -2.17. The fourth-order valence-corrected chi connectivity index (χ4v) is 5.05. The van der Waals surface area contributed by atoms with Gasteiger partial charge in [0.2, 0.25) is 0 Å². The summed E-state index contributed by atoms with van der Waals surface area (Å²) in [5, 5.41) is 6.42. The Kier molecular flexibility index (Phi) is 8.97. The molecular weight excluding hydrogens is 460 g/mol. The van der Waals surface area contributed by atoms with Gasteiger partial charge in [0, 0.05) is 11.3 Å². The molecular formula is C36H40N2. The molecule has 0 amide bonds. The van der Waals surface area contributed by atoms with E-state index >= 15 is 0 Å². The lowest BCUT2D eigenvalue weighted by atomic mass is 9.91. The summed E-state index contributed by atoms with van der Waals surface area (Å²) >= 11 is 0. The second-order valence-electron chi connectivity index (χ2n) is 10.1. The number of rotatable bonds is 7. The van der Waals surface area contributed by atoms with Crippen molar-refractivity contribution in [1.82, 2.24) is 4.98 Å². The molecule has 0 aliphatic carbocycles. The van der Waals surface area contributed by atoms with E-state index < -0.39 is 0 Å². The van der Waals surface area contributed by atoms with Crippen molar-refractivity contribution in [2.45, 2.75) is 59.4 Å². The molecule has 194 valence electrons. The Labute approximate surface area is 228 Å². The van der Waals surface area contributed by atoms with Gasteiger partial charge in [0.05, 0.1) is 17.4 Å². The monoisotopic (exact) mass is 500 g/mol. The Bertz CT molecular complexity index is 1440. The minimum atomic E-state index is -0.0708. The zero-order valence-corrected chi connectivity index (χ0v) is 23.6. The molecule has 0 radical (unpaired) electrons. The first-order valence-electron chi connectivity index (χ1n) is 13.9. The number of anilines is 1. The van der Waals surface area contributed by atoms with Gasteiger partial charge >= 0.3 is 0 Å². The first-order valence-corrected chi connectivity index (χ1v) is 13.9. The predicted octanol–water partition coefficient (Wildman–Crippen LogP) is 10.4. The van der Waals surface area contributed by atoms with E-state index in [9.17, 15) is 0 Å². The number of nitrogens with zero attached hydrogens (tertiary/aromatic N) is 1. The number of para-hydroxylation sites is 1. The summed E-state index contributed by atoms with van der Waals surface area (Å²) in [6, 6.07) is 38.7. The van der Waals surface area contributed by atoms with Gasteiger partial charge in [0.25, 0.3) is 0 Å². The third-order valence-electron chi connectivity index (χ3n) is 6.93. The summed E-state index contributed by atoms with van der Waals surface area (Å²) in [7, 11) is 0. The summed E-state index contributed by atoms with van der Waals surface area (Å²) in [4.78, 5) is 5.25. The van der Waals surface area contributed by atoms with Crippen LogP contribution < -0.4 is 5.32 Å². The van der Waals surface area contributed by atoms with Crippen molar-refractivity contribution >= 4 is 16.5 Å². The molecule has 1 unspecified atom stereocenters. The lowest BCUT2D eigenvalue weighted by molar-refractivity contribution is 0.814. The van der Waals surface area contributed by atoms with E-state index in [1.807, 2.05) is 13.8 Å². The molecule has 0 aliphatic heterocycles. The number of benzene rings is 4. The molecule has 1 N–H and O–H groups in total. The van der Waals surface area contributed by atoms with Crippen molar-refractivity contribution in [2.24, 2.45) is 0 Å². The Morgan fingerprint density at radius 1 is 0.579 bits per heavy atom. The fourth-order valence-electron chi connectivity index (χ4n) is 5.05. The highest BCUT2D eigenvalue weighted by molar-refractivity contribution is 5.95. The van der Waals surface area contributed by atoms with E-state index in [-0.39, 0.29) is 6.04 Å². The van der Waals surface area contributed by atoms with Crippen molar-refractivity contribution in [2.75, 3.05) is 5.32 Å². The van der Waals surface area contributed by atoms with Crippen LogP contribution in [0.15, 0.2) is 109 Å². The van der Waals surface area contributed by atoms with Crippen LogP contribution in [0.3, 0.4) is 0 Å². The Morgan fingerprint density at radius 2 is 1.16 bits per heavy atom. The topological polar surface area (TPSA) is 24.9 Å². The normalized spacial score (nSPS) is 11.8. The predicted molar refractivity (Wildman–Crippen MR) is 165 cm³/mol. The number of hydrogen-bond acceptors (Lipinski definition) is 2. The summed E-state index contributed by atoms with van der Waals surface area (Å²) in [6.07, 6.45) is 0. The highest BCUT2D eigenvalue weighted by atomic mass is 15.0. The number of pyridine rings is 1. The molecule has 0 saturated heterocycles. The maximum atomic E-state index is 5.25. The average molecular weight is 501 g/mol. The number of aromatic nitrogens is 1. The number of nitrogens with one attached hydrogen (secondary N) is 1. The van der Waals surface area contributed by atoms with E-state index in [0.717, 1.165) is 17.0 Å². The summed E-state index contributed by atoms with van der Waals surface area (Å²) < 4.78 is 0. The molecule has 0 bridgehead atoms. The molecule has 0 saturated carbocycles. The SMILES string of the molecule is CC.CC(C)c1cccc(C(C)C)c1NC(c1ccccc1)c1cccc(-c2cccc3ccccc23)n1. The molecule has 0 fully saturated rings. The first kappa shape index (κ1) is 27.1. The quantitative estimate of drug-likeness (QED) is 0.240. The van der Waals surface area contributed by atoms with Crippen molar-refractivity contribution in [3.8, 4) is 11.3 Å². The molecule has 38 heavy (non-hydrogen) atoms. The smallest absolute Gasteiger partial charge is 0.0940 e. The third-order valence-corrected chi connectivity index (χ3v) is 6.93. The lowest BCUT2D eigenvalue weighted by Gasteiger charge is -2.27. The highest BCUT2D eigenvalue weighted by Gasteiger charge is 2.21. The van der Waals surface area contributed by atoms with Crippen LogP contribution in [-0.2, 0) is 0 Å². The van der Waals surface area contributed by atoms with Gasteiger partial charge in [-0.05, 0) is 51.4 Å². The van der Waals surface area contributed by atoms with Gasteiger partial charge in [-0.15, -0.1) is 0 Å². The molecule has 0 spiro atoms. The Hall–Kier alpha value is -3.91. The van der Waals surface area contributed by atoms with Gasteiger partial charge in [0.1, 0.15) is 0 Å². The highest BCUT2D eigenvalue weighted by Crippen LogP contribution is 2.37. The minimum Gasteiger partial charge on any atom is -0.372 e. The van der Waals surface area contributed by atoms with Crippen molar-refractivity contribution in [3.05, 3.63) is 132 Å². The summed E-state index contributed by atoms with van der Waals surface area (Å²) in [5.74, 6) is 0.829. The molecule has 2 heteroatoms. The molecule has 5 rings (SSSR count). The van der Waals surface area contributed by atoms with Crippen LogP contribution in [0.25, 0.3) is 22.0 Å². The fraction of sp³-hybridized carbons (Fsp3) is 0.250. The van der Waals surface area contributed by atoms with E-state index in [4.69, 9.17) is 4.98 Å². The number of hydrogen-bond donors (Lipinski definition) is 1. The van der Waals surface area contributed by atoms with Gasteiger partial charge < -0.3 is 5.32 Å². The van der Waals surface area contributed by atoms with Gasteiger partial charge in [-0.25, -0.2) is 0 Å². The van der Waals surface area contributed by atoms with Crippen molar-refractivity contribution < 1.29 is 0 Å². The van der Waals surface area contributed by atoms with Crippen LogP contribution in [0.2, 0.25) is 0 Å². The minimum absolute atomic E-state index is 0.0708. The zero-order chi connectivity index (χ0) is 27.1. The number of fused-ring (bicyclic) bond motifs is 1. The zero-order valence-electron chi connectivity index (χ0n) is 23.6. The maximum Gasteiger partial charge on any atom is 0.0940 e. The van der Waals surface area contributed by atoms with Crippen molar-refractivity contribution in [1.29, 1.82) is 0 Å². The van der Waals surface area contributed by atoms with Crippen LogP contribution in [0.4, 0.5) is 5.69 Å². The maximum absolute atomic E-state index is 5.25. The average Bonchev–Trinajstić information content (AvgIpc) is 2.97. The second-order valence-corrected chi connectivity index (χ2v) is 10.1. The molecule has 0 aliphatic rings. The largest absolute Gasteiger partial charge is 0.372 e. The van der Waals surface area contributed by atoms with Crippen LogP contribution in [-0.4, -0.2) is 4.98 Å². The van der Waals surface area contributed by atoms with Crippen LogP contribution in [0.1, 0.15) is 81.8 Å². The van der Waals surface area contributed by atoms with Crippen molar-refractivity contribution in [3.63, 3.8) is 0 Å². The first-order chi connectivity index (χ1) is 18.5. The van der Waals surface area contributed by atoms with E-state index in [1.54, 1.807) is 0 Å². The van der Waals surface area contributed by atoms with E-state index in [1.165, 1.54) is 33.2 Å². The molecule has 1 aromatic heterocycles. The van der Waals surface area contributed by atoms with Gasteiger partial charge in [-0.1, -0.05) is 139 Å². The molecule has 1 atom stereocenters. The molecule has 4 aromatic carbocycles. The third kappa shape index (κ3) is 5.81. The standard InChI is InChI=1S/C34H34N2.C2H6/c1-23(2)27-18-11-19-28(24(3)4)34(27)36-33(26-14-6-5-7-15-26)32-22-12-21-31(35-32)30-20-10-16-25-13-8-9-17-29(25)30;1-2/h5-24,33,36H,1-4H3;1-2H3. The Morgan fingerprint density at radius 3 is 1.84 bits per heavy atom. The van der Waals surface area contributed by atoms with Gasteiger partial charge in [-0.2, -0.15) is 0 Å². The molecule has 2 nitrogen and oxygen atoms in total. The summed E-state index contributed by atoms with van der Waals surface area (Å²) in [6.45, 7) is 13.1. The van der Waals surface area contributed by atoms with Crippen LogP contribution in [0, 0.1) is 0 Å². The molecule has 5 aromatic rings. The van der Waals surface area contributed by atoms with Gasteiger partial charge in [-0.3, -0.25) is 4.98 Å². The Balaban J connectivity index is 0.00000164. The molecule has 1 heterocycles. The second kappa shape index (κ2) is 12.6. The van der Waals surface area contributed by atoms with E-state index in [2.05, 4.69) is 142 Å². The van der Waals surface area contributed by atoms with E-state index in [0.29, 0.717) is 11.8 Å². The van der Waals surface area contributed by atoms with Crippen LogP contribution >= 0.6 is 0 Å². The van der Waals surface area contributed by atoms with Gasteiger partial charge in [0.15, 0.2) is 0 Å².